The van der Waals surface area contributed by atoms with E-state index >= 15 is 0 Å². The molecular formula is C16H20N2O5. The smallest absolute Gasteiger partial charge is 0.326 e. The highest BCUT2D eigenvalue weighted by molar-refractivity contribution is 6.09. The topological polar surface area (TPSA) is 88.8 Å². The minimum absolute atomic E-state index is 0.296. The molecule has 0 aromatic carbocycles. The fourth-order valence-corrected chi connectivity index (χ4v) is 3.95. The molecule has 0 aliphatic carbocycles. The molecule has 2 aliphatic rings. The summed E-state index contributed by atoms with van der Waals surface area (Å²) in [6.07, 6.45) is 2.58. The van der Waals surface area contributed by atoms with Gasteiger partial charge in [0.15, 0.2) is 0 Å². The molecule has 3 heterocycles. The van der Waals surface area contributed by atoms with Crippen LogP contribution in [0.4, 0.5) is 0 Å². The van der Waals surface area contributed by atoms with Crippen LogP contribution in [0.2, 0.25) is 0 Å². The Morgan fingerprint density at radius 3 is 2.74 bits per heavy atom. The maximum Gasteiger partial charge on any atom is 0.326 e. The van der Waals surface area contributed by atoms with Gasteiger partial charge in [-0.25, -0.2) is 0 Å². The van der Waals surface area contributed by atoms with Gasteiger partial charge in [0.1, 0.15) is 11.3 Å². The molecule has 23 heavy (non-hydrogen) atoms. The van der Waals surface area contributed by atoms with E-state index in [-0.39, 0.29) is 11.8 Å². The molecule has 0 unspecified atom stereocenters. The summed E-state index contributed by atoms with van der Waals surface area (Å²) in [5.74, 6) is -2.05. The number of hydrogen-bond donors (Lipinski definition) is 1. The second kappa shape index (κ2) is 5.49. The molecule has 3 rings (SSSR count). The monoisotopic (exact) mass is 320 g/mol. The molecule has 0 bridgehead atoms. The number of rotatable bonds is 4. The van der Waals surface area contributed by atoms with Gasteiger partial charge in [0.05, 0.1) is 31.3 Å². The van der Waals surface area contributed by atoms with Crippen molar-refractivity contribution in [2.45, 2.75) is 31.3 Å². The summed E-state index contributed by atoms with van der Waals surface area (Å²) in [6, 6.07) is 2.93. The van der Waals surface area contributed by atoms with Crippen LogP contribution in [0.15, 0.2) is 22.8 Å². The summed E-state index contributed by atoms with van der Waals surface area (Å²) in [4.78, 5) is 38.9. The number of imide groups is 1. The van der Waals surface area contributed by atoms with Gasteiger partial charge in [-0.2, -0.15) is 0 Å². The second-order valence-electron chi connectivity index (χ2n) is 6.09. The van der Waals surface area contributed by atoms with Crippen LogP contribution in [0, 0.1) is 11.8 Å². The largest absolute Gasteiger partial charge is 0.468 e. The molecule has 2 amide bonds. The number of hydrogen-bond acceptors (Lipinski definition) is 6. The molecule has 0 spiro atoms. The number of carbonyl (C=O) groups excluding carboxylic acids is 3. The Hall–Kier alpha value is -2.15. The molecule has 7 nitrogen and oxygen atoms in total. The molecule has 1 aromatic heterocycles. The van der Waals surface area contributed by atoms with E-state index in [0.717, 1.165) is 4.90 Å². The molecule has 124 valence electrons. The van der Waals surface area contributed by atoms with E-state index in [1.165, 1.54) is 20.4 Å². The van der Waals surface area contributed by atoms with Crippen LogP contribution in [-0.4, -0.2) is 42.4 Å². The van der Waals surface area contributed by atoms with E-state index in [4.69, 9.17) is 9.15 Å². The van der Waals surface area contributed by atoms with Crippen molar-refractivity contribution in [3.8, 4) is 0 Å². The summed E-state index contributed by atoms with van der Waals surface area (Å²) in [5, 5.41) is 3.21. The fraction of sp³-hybridized carbons (Fsp3) is 0.562. The first-order valence-corrected chi connectivity index (χ1v) is 7.69. The molecular weight excluding hydrogens is 300 g/mol. The van der Waals surface area contributed by atoms with E-state index in [9.17, 15) is 14.4 Å². The Labute approximate surface area is 134 Å². The number of furan rings is 1. The number of likely N-dealkylation sites (tertiary alicyclic amines) is 1. The Balaban J connectivity index is 2.13. The molecule has 2 fully saturated rings. The third-order valence-corrected chi connectivity index (χ3v) is 4.92. The highest BCUT2D eigenvalue weighted by Crippen LogP contribution is 2.50. The highest BCUT2D eigenvalue weighted by Gasteiger charge is 2.68. The molecule has 0 radical (unpaired) electrons. The molecule has 2 aliphatic heterocycles. The van der Waals surface area contributed by atoms with Crippen molar-refractivity contribution in [3.63, 3.8) is 0 Å². The van der Waals surface area contributed by atoms with Crippen molar-refractivity contribution >= 4 is 17.8 Å². The average molecular weight is 320 g/mol. The van der Waals surface area contributed by atoms with Crippen LogP contribution in [0.25, 0.3) is 0 Å². The quantitative estimate of drug-likeness (QED) is 0.654. The van der Waals surface area contributed by atoms with Crippen molar-refractivity contribution in [2.75, 3.05) is 14.2 Å². The van der Waals surface area contributed by atoms with Gasteiger partial charge in [-0.05, 0) is 18.6 Å². The van der Waals surface area contributed by atoms with Gasteiger partial charge < -0.3 is 9.15 Å². The SMILES string of the molecule is CCC[C@@]1(C(=O)OC)N[C@@H](c2ccco2)[C@H]2C(=O)N(C)C(=O)[C@H]21. The Morgan fingerprint density at radius 2 is 2.17 bits per heavy atom. The summed E-state index contributed by atoms with van der Waals surface area (Å²) in [5.41, 5.74) is -1.21. The lowest BCUT2D eigenvalue weighted by atomic mass is 9.77. The lowest BCUT2D eigenvalue weighted by molar-refractivity contribution is -0.154. The first-order valence-electron chi connectivity index (χ1n) is 7.69. The minimum Gasteiger partial charge on any atom is -0.468 e. The summed E-state index contributed by atoms with van der Waals surface area (Å²) in [7, 11) is 2.75. The highest BCUT2D eigenvalue weighted by atomic mass is 16.5. The zero-order valence-electron chi connectivity index (χ0n) is 13.4. The van der Waals surface area contributed by atoms with Gasteiger partial charge in [-0.1, -0.05) is 13.3 Å². The van der Waals surface area contributed by atoms with Gasteiger partial charge in [0.25, 0.3) is 0 Å². The fourth-order valence-electron chi connectivity index (χ4n) is 3.95. The maximum absolute atomic E-state index is 12.6. The van der Waals surface area contributed by atoms with Crippen LogP contribution in [0.1, 0.15) is 31.6 Å². The van der Waals surface area contributed by atoms with Crippen molar-refractivity contribution in [3.05, 3.63) is 24.2 Å². The van der Waals surface area contributed by atoms with Gasteiger partial charge in [0, 0.05) is 7.05 Å². The van der Waals surface area contributed by atoms with E-state index < -0.39 is 29.4 Å². The summed E-state index contributed by atoms with van der Waals surface area (Å²) < 4.78 is 10.4. The molecule has 1 N–H and O–H groups in total. The van der Waals surface area contributed by atoms with Crippen LogP contribution in [-0.2, 0) is 19.1 Å². The number of fused-ring (bicyclic) bond motifs is 1. The summed E-state index contributed by atoms with van der Waals surface area (Å²) in [6.45, 7) is 1.92. The lowest BCUT2D eigenvalue weighted by Crippen LogP contribution is -2.55. The molecule has 4 atom stereocenters. The number of nitrogens with zero attached hydrogens (tertiary/aromatic N) is 1. The zero-order chi connectivity index (χ0) is 16.8. The maximum atomic E-state index is 12.6. The third-order valence-electron chi connectivity index (χ3n) is 4.92. The summed E-state index contributed by atoms with van der Waals surface area (Å²) >= 11 is 0. The van der Waals surface area contributed by atoms with Gasteiger partial charge in [-0.15, -0.1) is 0 Å². The molecule has 7 heteroatoms. The predicted molar refractivity (Wildman–Crippen MR) is 79.0 cm³/mol. The van der Waals surface area contributed by atoms with E-state index in [1.807, 2.05) is 6.92 Å². The zero-order valence-corrected chi connectivity index (χ0v) is 13.4. The van der Waals surface area contributed by atoms with Crippen molar-refractivity contribution in [1.82, 2.24) is 10.2 Å². The number of esters is 1. The van der Waals surface area contributed by atoms with Gasteiger partial charge >= 0.3 is 5.97 Å². The van der Waals surface area contributed by atoms with Crippen molar-refractivity contribution in [2.24, 2.45) is 11.8 Å². The first-order chi connectivity index (χ1) is 11.0. The van der Waals surface area contributed by atoms with E-state index in [0.29, 0.717) is 18.6 Å². The van der Waals surface area contributed by atoms with Crippen LogP contribution >= 0.6 is 0 Å². The lowest BCUT2D eigenvalue weighted by Gasteiger charge is -2.31. The van der Waals surface area contributed by atoms with Gasteiger partial charge in [0.2, 0.25) is 11.8 Å². The van der Waals surface area contributed by atoms with Crippen LogP contribution < -0.4 is 5.32 Å². The average Bonchev–Trinajstić information content (AvgIpc) is 3.22. The Bertz CT molecular complexity index is 641. The normalized spacial score (nSPS) is 33.2. The van der Waals surface area contributed by atoms with Crippen molar-refractivity contribution < 1.29 is 23.5 Å². The Morgan fingerprint density at radius 1 is 1.43 bits per heavy atom. The van der Waals surface area contributed by atoms with Crippen LogP contribution in [0.5, 0.6) is 0 Å². The Kier molecular flexibility index (Phi) is 3.75. The third kappa shape index (κ3) is 2.03. The predicted octanol–water partition coefficient (Wildman–Crippen LogP) is 0.867. The van der Waals surface area contributed by atoms with E-state index in [2.05, 4.69) is 5.32 Å². The standard InChI is InChI=1S/C16H20N2O5/c1-4-7-16(15(21)22-3)11-10(13(19)18(2)14(11)20)12(17-16)9-6-5-8-23-9/h5-6,8,10-12,17H,4,7H2,1-3H3/t10-,11-,12-,16+/m0/s1. The molecule has 2 saturated heterocycles. The second-order valence-corrected chi connectivity index (χ2v) is 6.09. The minimum atomic E-state index is -1.21. The first kappa shape index (κ1) is 15.7. The van der Waals surface area contributed by atoms with Gasteiger partial charge in [-0.3, -0.25) is 24.6 Å². The molecule has 1 aromatic rings. The number of ether oxygens (including phenoxy) is 1. The molecule has 0 saturated carbocycles. The van der Waals surface area contributed by atoms with E-state index in [1.54, 1.807) is 12.1 Å². The van der Waals surface area contributed by atoms with Crippen LogP contribution in [0.3, 0.4) is 0 Å². The number of nitrogens with one attached hydrogen (secondary N) is 1. The van der Waals surface area contributed by atoms with Crippen molar-refractivity contribution in [1.29, 1.82) is 0 Å². The number of methoxy groups -OCH3 is 1. The number of amides is 2. The number of carbonyl (C=O) groups is 3.